The summed E-state index contributed by atoms with van der Waals surface area (Å²) in [5.74, 6) is -0.814. The normalized spacial score (nSPS) is 11.1. The molecule has 0 saturated carbocycles. The number of para-hydroxylation sites is 2. The molecule has 1 N–H and O–H groups in total. The zero-order valence-corrected chi connectivity index (χ0v) is 19.8. The van der Waals surface area contributed by atoms with E-state index in [1.54, 1.807) is 41.8 Å². The molecule has 0 aliphatic carbocycles. The van der Waals surface area contributed by atoms with Gasteiger partial charge in [-0.15, -0.1) is 0 Å². The Morgan fingerprint density at radius 3 is 2.68 bits per heavy atom. The molecule has 2 heterocycles. The lowest BCUT2D eigenvalue weighted by Gasteiger charge is -2.12. The molecule has 9 heteroatoms. The van der Waals surface area contributed by atoms with Gasteiger partial charge in [-0.1, -0.05) is 49.4 Å². The van der Waals surface area contributed by atoms with Crippen molar-refractivity contribution in [1.29, 1.82) is 0 Å². The van der Waals surface area contributed by atoms with E-state index < -0.39 is 5.97 Å². The van der Waals surface area contributed by atoms with Crippen molar-refractivity contribution >= 4 is 51.4 Å². The minimum absolute atomic E-state index is 0.0109. The average molecular weight is 480 g/mol. The van der Waals surface area contributed by atoms with Gasteiger partial charge in [-0.2, -0.15) is 0 Å². The summed E-state index contributed by atoms with van der Waals surface area (Å²) in [5, 5.41) is 3.97. The predicted octanol–water partition coefficient (Wildman–Crippen LogP) is 4.85. The number of unbranched alkanes of at least 4 members (excludes halogenated alkanes) is 1. The summed E-state index contributed by atoms with van der Waals surface area (Å²) in [7, 11) is 0. The minimum Gasteiger partial charge on any atom is -0.462 e. The van der Waals surface area contributed by atoms with Crippen LogP contribution in [0.15, 0.2) is 62.9 Å². The Hall–Kier alpha value is -3.59. The van der Waals surface area contributed by atoms with Gasteiger partial charge in [0.25, 0.3) is 5.56 Å². The van der Waals surface area contributed by atoms with Gasteiger partial charge in [-0.25, -0.2) is 9.78 Å². The first-order chi connectivity index (χ1) is 16.5. The van der Waals surface area contributed by atoms with E-state index in [4.69, 9.17) is 14.1 Å². The Morgan fingerprint density at radius 1 is 1.12 bits per heavy atom. The molecule has 0 saturated heterocycles. The Balaban J connectivity index is 1.60. The van der Waals surface area contributed by atoms with Crippen LogP contribution in [0, 0.1) is 0 Å². The number of anilines is 1. The van der Waals surface area contributed by atoms with Crippen molar-refractivity contribution in [3.63, 3.8) is 0 Å². The van der Waals surface area contributed by atoms with Crippen molar-refractivity contribution in [2.75, 3.05) is 17.7 Å². The third kappa shape index (κ3) is 4.84. The Labute approximate surface area is 200 Å². The van der Waals surface area contributed by atoms with E-state index >= 15 is 0 Å². The van der Waals surface area contributed by atoms with Crippen molar-refractivity contribution in [3.8, 4) is 0 Å². The molecule has 0 radical (unpaired) electrons. The van der Waals surface area contributed by atoms with Crippen molar-refractivity contribution in [2.24, 2.45) is 0 Å². The first kappa shape index (κ1) is 23.6. The number of hydrogen-bond donors (Lipinski definition) is 1. The summed E-state index contributed by atoms with van der Waals surface area (Å²) >= 11 is 1.17. The van der Waals surface area contributed by atoms with Crippen LogP contribution in [0.5, 0.6) is 0 Å². The number of carbonyl (C=O) groups excluding carboxylic acids is 2. The highest BCUT2D eigenvalue weighted by molar-refractivity contribution is 7.99. The van der Waals surface area contributed by atoms with Crippen molar-refractivity contribution < 1.29 is 18.7 Å². The summed E-state index contributed by atoms with van der Waals surface area (Å²) in [6.07, 6.45) is 1.69. The lowest BCUT2D eigenvalue weighted by molar-refractivity contribution is -0.113. The first-order valence-electron chi connectivity index (χ1n) is 11.1. The number of amides is 1. The molecule has 0 bridgehead atoms. The number of carbonyl (C=O) groups is 2. The topological polar surface area (TPSA) is 103 Å². The van der Waals surface area contributed by atoms with Gasteiger partial charge in [0.05, 0.1) is 23.6 Å². The summed E-state index contributed by atoms with van der Waals surface area (Å²) < 4.78 is 12.4. The molecule has 2 aromatic carbocycles. The van der Waals surface area contributed by atoms with Gasteiger partial charge in [0.1, 0.15) is 11.1 Å². The maximum atomic E-state index is 13.2. The van der Waals surface area contributed by atoms with E-state index in [1.165, 1.54) is 11.8 Å². The van der Waals surface area contributed by atoms with E-state index in [0.717, 1.165) is 18.2 Å². The quantitative estimate of drug-likeness (QED) is 0.208. The molecule has 4 aromatic rings. The molecule has 34 heavy (non-hydrogen) atoms. The monoisotopic (exact) mass is 479 g/mol. The number of furan rings is 1. The summed E-state index contributed by atoms with van der Waals surface area (Å²) in [4.78, 5) is 42.8. The predicted molar refractivity (Wildman–Crippen MR) is 132 cm³/mol. The van der Waals surface area contributed by atoms with Crippen LogP contribution in [-0.4, -0.2) is 33.8 Å². The van der Waals surface area contributed by atoms with Crippen molar-refractivity contribution in [1.82, 2.24) is 9.55 Å². The molecule has 0 aliphatic rings. The third-order valence-electron chi connectivity index (χ3n) is 5.21. The first-order valence-corrected chi connectivity index (χ1v) is 12.1. The number of fused-ring (bicyclic) bond motifs is 3. The molecule has 4 rings (SSSR count). The molecule has 0 aliphatic heterocycles. The van der Waals surface area contributed by atoms with Crippen LogP contribution in [0.2, 0.25) is 0 Å². The minimum atomic E-state index is -0.501. The summed E-state index contributed by atoms with van der Waals surface area (Å²) in [6, 6.07) is 14.0. The van der Waals surface area contributed by atoms with Gasteiger partial charge in [0, 0.05) is 11.9 Å². The molecule has 0 fully saturated rings. The number of hydrogen-bond acceptors (Lipinski definition) is 7. The van der Waals surface area contributed by atoms with Crippen LogP contribution >= 0.6 is 11.8 Å². The van der Waals surface area contributed by atoms with Gasteiger partial charge in [0.15, 0.2) is 5.16 Å². The zero-order valence-electron chi connectivity index (χ0n) is 19.0. The highest BCUT2D eigenvalue weighted by Crippen LogP contribution is 2.27. The summed E-state index contributed by atoms with van der Waals surface area (Å²) in [5.41, 5.74) is 1.70. The lowest BCUT2D eigenvalue weighted by Crippen LogP contribution is -2.24. The van der Waals surface area contributed by atoms with Gasteiger partial charge >= 0.3 is 5.97 Å². The third-order valence-corrected chi connectivity index (χ3v) is 6.19. The largest absolute Gasteiger partial charge is 0.462 e. The number of thioether (sulfide) groups is 1. The van der Waals surface area contributed by atoms with Crippen molar-refractivity contribution in [2.45, 2.75) is 38.4 Å². The molecule has 176 valence electrons. The highest BCUT2D eigenvalue weighted by atomic mass is 32.2. The lowest BCUT2D eigenvalue weighted by atomic mass is 10.2. The molecule has 2 aromatic heterocycles. The standard InChI is InChI=1S/C25H25N3O5S/c1-3-5-14-28-23(30)22-21(17-11-7-9-13-19(17)33-22)27-25(28)34-15-20(29)26-18-12-8-6-10-16(18)24(31)32-4-2/h6-13H,3-5,14-15H2,1-2H3,(H,26,29). The highest BCUT2D eigenvalue weighted by Gasteiger charge is 2.19. The number of aromatic nitrogens is 2. The molecule has 0 spiro atoms. The maximum absolute atomic E-state index is 13.2. The van der Waals surface area contributed by atoms with Gasteiger partial charge in [0.2, 0.25) is 11.5 Å². The molecule has 0 unspecified atom stereocenters. The number of esters is 1. The van der Waals surface area contributed by atoms with Crippen LogP contribution in [0.3, 0.4) is 0 Å². The van der Waals surface area contributed by atoms with Gasteiger partial charge in [-0.3, -0.25) is 14.2 Å². The van der Waals surface area contributed by atoms with Crippen LogP contribution in [0.1, 0.15) is 37.0 Å². The number of benzene rings is 2. The summed E-state index contributed by atoms with van der Waals surface area (Å²) in [6.45, 7) is 4.48. The van der Waals surface area contributed by atoms with E-state index in [2.05, 4.69) is 5.32 Å². The maximum Gasteiger partial charge on any atom is 0.340 e. The average Bonchev–Trinajstić information content (AvgIpc) is 3.22. The van der Waals surface area contributed by atoms with Crippen molar-refractivity contribution in [3.05, 3.63) is 64.4 Å². The molecular formula is C25H25N3O5S. The Kier molecular flexibility index (Phi) is 7.32. The van der Waals surface area contributed by atoms with Crippen LogP contribution in [0.4, 0.5) is 5.69 Å². The second-order valence-corrected chi connectivity index (χ2v) is 8.53. The number of rotatable bonds is 9. The number of ether oxygens (including phenoxy) is 1. The second kappa shape index (κ2) is 10.6. The van der Waals surface area contributed by atoms with Gasteiger partial charge in [-0.05, 0) is 37.6 Å². The fourth-order valence-electron chi connectivity index (χ4n) is 3.57. The van der Waals surface area contributed by atoms with E-state index in [1.807, 2.05) is 25.1 Å². The number of nitrogens with zero attached hydrogens (tertiary/aromatic N) is 2. The molecular weight excluding hydrogens is 454 g/mol. The van der Waals surface area contributed by atoms with E-state index in [9.17, 15) is 14.4 Å². The van der Waals surface area contributed by atoms with Crippen LogP contribution in [-0.2, 0) is 16.1 Å². The zero-order chi connectivity index (χ0) is 24.1. The Bertz CT molecular complexity index is 1410. The number of nitrogens with one attached hydrogen (secondary N) is 1. The molecule has 8 nitrogen and oxygen atoms in total. The van der Waals surface area contributed by atoms with E-state index in [0.29, 0.717) is 28.5 Å². The fourth-order valence-corrected chi connectivity index (χ4v) is 4.39. The van der Waals surface area contributed by atoms with E-state index in [-0.39, 0.29) is 35.0 Å². The fraction of sp³-hybridized carbons (Fsp3) is 0.280. The van der Waals surface area contributed by atoms with Crippen LogP contribution in [0.25, 0.3) is 22.1 Å². The SMILES string of the molecule is CCCCn1c(SCC(=O)Nc2ccccc2C(=O)OCC)nc2c(oc3ccccc32)c1=O. The van der Waals surface area contributed by atoms with Gasteiger partial charge < -0.3 is 14.5 Å². The smallest absolute Gasteiger partial charge is 0.340 e. The molecule has 1 amide bonds. The van der Waals surface area contributed by atoms with Crippen LogP contribution < -0.4 is 10.9 Å². The second-order valence-electron chi connectivity index (χ2n) is 7.58. The Morgan fingerprint density at radius 2 is 1.88 bits per heavy atom. The molecule has 0 atom stereocenters.